The van der Waals surface area contributed by atoms with Gasteiger partial charge < -0.3 is 10.5 Å². The van der Waals surface area contributed by atoms with E-state index in [4.69, 9.17) is 10.5 Å². The number of rotatable bonds is 7. The fourth-order valence-corrected chi connectivity index (χ4v) is 2.65. The van der Waals surface area contributed by atoms with Crippen molar-refractivity contribution in [2.75, 3.05) is 6.61 Å². The van der Waals surface area contributed by atoms with E-state index in [1.807, 2.05) is 6.92 Å². The van der Waals surface area contributed by atoms with Crippen LogP contribution < -0.4 is 5.73 Å². The van der Waals surface area contributed by atoms with E-state index >= 15 is 0 Å². The van der Waals surface area contributed by atoms with Gasteiger partial charge in [-0.15, -0.1) is 0 Å². The van der Waals surface area contributed by atoms with Gasteiger partial charge in [-0.2, -0.15) is 13.2 Å². The third kappa shape index (κ3) is 5.31. The molecule has 1 rings (SSSR count). The molecule has 0 aromatic carbocycles. The van der Waals surface area contributed by atoms with Crippen LogP contribution in [-0.4, -0.2) is 24.8 Å². The summed E-state index contributed by atoms with van der Waals surface area (Å²) in [4.78, 5) is 11.9. The molecule has 2 atom stereocenters. The molecule has 6 heteroatoms. The Morgan fingerprint density at radius 1 is 1.35 bits per heavy atom. The van der Waals surface area contributed by atoms with Crippen molar-refractivity contribution in [1.29, 1.82) is 0 Å². The number of unbranched alkanes of at least 4 members (excludes halogenated alkanes) is 1. The normalized spacial score (nSPS) is 19.9. The van der Waals surface area contributed by atoms with Gasteiger partial charge in [-0.25, -0.2) is 0 Å². The number of hydrogen-bond donors (Lipinski definition) is 1. The summed E-state index contributed by atoms with van der Waals surface area (Å²) in [5, 5.41) is 0. The lowest BCUT2D eigenvalue weighted by molar-refractivity contribution is -0.177. The maximum Gasteiger partial charge on any atom is 0.404 e. The number of alkyl halides is 3. The van der Waals surface area contributed by atoms with Crippen LogP contribution in [-0.2, 0) is 9.53 Å². The van der Waals surface area contributed by atoms with Gasteiger partial charge in [0.05, 0.1) is 12.5 Å². The summed E-state index contributed by atoms with van der Waals surface area (Å²) in [6.07, 6.45) is 0.896. The Balaban J connectivity index is 2.64. The van der Waals surface area contributed by atoms with Crippen LogP contribution in [0.4, 0.5) is 13.2 Å². The Kier molecular flexibility index (Phi) is 6.79. The van der Waals surface area contributed by atoms with Gasteiger partial charge in [0, 0.05) is 0 Å². The predicted octanol–water partition coefficient (Wildman–Crippen LogP) is 3.42. The van der Waals surface area contributed by atoms with Gasteiger partial charge in [0.1, 0.15) is 6.04 Å². The highest BCUT2D eigenvalue weighted by molar-refractivity contribution is 5.73. The number of halogens is 3. The minimum atomic E-state index is -4.56. The molecular weight excluding hydrogens is 271 g/mol. The average molecular weight is 295 g/mol. The molecule has 0 radical (unpaired) electrons. The van der Waals surface area contributed by atoms with E-state index < -0.39 is 24.1 Å². The molecular formula is C14H24F3NO2. The number of ether oxygens (including phenoxy) is 1. The average Bonchev–Trinajstić information content (AvgIpc) is 2.87. The Morgan fingerprint density at radius 2 is 1.95 bits per heavy atom. The van der Waals surface area contributed by atoms with Gasteiger partial charge in [-0.1, -0.05) is 39.0 Å². The van der Waals surface area contributed by atoms with Crippen LogP contribution in [0.15, 0.2) is 0 Å². The van der Waals surface area contributed by atoms with E-state index in [-0.39, 0.29) is 18.9 Å². The first-order valence-corrected chi connectivity index (χ1v) is 7.35. The minimum absolute atomic E-state index is 0.159. The maximum absolute atomic E-state index is 12.8. The molecule has 1 saturated carbocycles. The number of esters is 1. The number of carbonyl (C=O) groups is 1. The Labute approximate surface area is 118 Å². The molecule has 0 aromatic rings. The van der Waals surface area contributed by atoms with E-state index in [0.717, 1.165) is 32.1 Å². The van der Waals surface area contributed by atoms with Crippen LogP contribution in [0.3, 0.4) is 0 Å². The molecule has 0 aliphatic heterocycles. The smallest absolute Gasteiger partial charge is 0.404 e. The molecule has 0 aromatic heterocycles. The van der Waals surface area contributed by atoms with Crippen molar-refractivity contribution < 1.29 is 22.7 Å². The second-order valence-corrected chi connectivity index (χ2v) is 5.58. The molecule has 1 fully saturated rings. The van der Waals surface area contributed by atoms with Crippen LogP contribution in [0.1, 0.15) is 51.9 Å². The van der Waals surface area contributed by atoms with Crippen molar-refractivity contribution in [2.45, 2.75) is 64.1 Å². The van der Waals surface area contributed by atoms with Gasteiger partial charge in [-0.05, 0) is 18.8 Å². The zero-order valence-corrected chi connectivity index (χ0v) is 11.9. The summed E-state index contributed by atoms with van der Waals surface area (Å²) >= 11 is 0. The molecule has 0 unspecified atom stereocenters. The van der Waals surface area contributed by atoms with E-state index in [9.17, 15) is 18.0 Å². The molecule has 0 bridgehead atoms. The van der Waals surface area contributed by atoms with Crippen molar-refractivity contribution in [2.24, 2.45) is 17.6 Å². The van der Waals surface area contributed by atoms with Gasteiger partial charge in [-0.3, -0.25) is 4.79 Å². The minimum Gasteiger partial charge on any atom is -0.465 e. The molecule has 0 saturated heterocycles. The van der Waals surface area contributed by atoms with Crippen LogP contribution >= 0.6 is 0 Å². The third-order valence-corrected chi connectivity index (χ3v) is 3.92. The summed E-state index contributed by atoms with van der Waals surface area (Å²) in [7, 11) is 0. The fraction of sp³-hybridized carbons (Fsp3) is 0.929. The van der Waals surface area contributed by atoms with Crippen LogP contribution in [0.5, 0.6) is 0 Å². The summed E-state index contributed by atoms with van der Waals surface area (Å²) < 4.78 is 43.3. The molecule has 3 nitrogen and oxygen atoms in total. The van der Waals surface area contributed by atoms with Gasteiger partial charge in [0.2, 0.25) is 0 Å². The molecule has 118 valence electrons. The zero-order valence-electron chi connectivity index (χ0n) is 11.9. The van der Waals surface area contributed by atoms with E-state index in [0.29, 0.717) is 6.42 Å². The SMILES string of the molecule is CCCCOC(=O)[C@H](CC1CCCC1)[C@@H](N)C(F)(F)F. The lowest BCUT2D eigenvalue weighted by Gasteiger charge is -2.26. The molecule has 0 heterocycles. The van der Waals surface area contributed by atoms with Gasteiger partial charge in [0.15, 0.2) is 0 Å². The Hall–Kier alpha value is -0.780. The van der Waals surface area contributed by atoms with Crippen LogP contribution in [0.25, 0.3) is 0 Å². The summed E-state index contributed by atoms with van der Waals surface area (Å²) in [6, 6.07) is -2.13. The second kappa shape index (κ2) is 7.86. The maximum atomic E-state index is 12.8. The first-order chi connectivity index (χ1) is 9.36. The van der Waals surface area contributed by atoms with Crippen molar-refractivity contribution in [3.63, 3.8) is 0 Å². The van der Waals surface area contributed by atoms with Crippen LogP contribution in [0.2, 0.25) is 0 Å². The number of nitrogens with two attached hydrogens (primary N) is 1. The standard InChI is InChI=1S/C14H24F3NO2/c1-2-3-8-20-13(19)11(12(18)14(15,16)17)9-10-6-4-5-7-10/h10-12H,2-9,18H2,1H3/t11-,12-/m1/s1. The summed E-state index contributed by atoms with van der Waals surface area (Å²) in [5.74, 6) is -1.91. The Bertz CT molecular complexity index is 301. The summed E-state index contributed by atoms with van der Waals surface area (Å²) in [5.41, 5.74) is 5.25. The van der Waals surface area contributed by atoms with Crippen molar-refractivity contribution in [3.05, 3.63) is 0 Å². The second-order valence-electron chi connectivity index (χ2n) is 5.58. The molecule has 1 aliphatic rings. The molecule has 2 N–H and O–H groups in total. The molecule has 20 heavy (non-hydrogen) atoms. The van der Waals surface area contributed by atoms with Gasteiger partial charge in [0.25, 0.3) is 0 Å². The first kappa shape index (κ1) is 17.3. The predicted molar refractivity (Wildman–Crippen MR) is 70.0 cm³/mol. The largest absolute Gasteiger partial charge is 0.465 e. The molecule has 0 spiro atoms. The lowest BCUT2D eigenvalue weighted by Crippen LogP contribution is -2.48. The monoisotopic (exact) mass is 295 g/mol. The lowest BCUT2D eigenvalue weighted by atomic mass is 9.88. The van der Waals surface area contributed by atoms with Crippen molar-refractivity contribution >= 4 is 5.97 Å². The quantitative estimate of drug-likeness (QED) is 0.578. The van der Waals surface area contributed by atoms with E-state index in [1.54, 1.807) is 0 Å². The fourth-order valence-electron chi connectivity index (χ4n) is 2.65. The highest BCUT2D eigenvalue weighted by Gasteiger charge is 2.46. The summed E-state index contributed by atoms with van der Waals surface area (Å²) in [6.45, 7) is 2.09. The topological polar surface area (TPSA) is 52.3 Å². The number of hydrogen-bond acceptors (Lipinski definition) is 3. The van der Waals surface area contributed by atoms with Crippen molar-refractivity contribution in [3.8, 4) is 0 Å². The Morgan fingerprint density at radius 3 is 2.45 bits per heavy atom. The highest BCUT2D eigenvalue weighted by Crippen LogP contribution is 2.35. The third-order valence-electron chi connectivity index (χ3n) is 3.92. The molecule has 0 amide bonds. The molecule has 1 aliphatic carbocycles. The van der Waals surface area contributed by atoms with E-state index in [1.165, 1.54) is 0 Å². The highest BCUT2D eigenvalue weighted by atomic mass is 19.4. The van der Waals surface area contributed by atoms with Gasteiger partial charge >= 0.3 is 12.1 Å². The van der Waals surface area contributed by atoms with E-state index in [2.05, 4.69) is 0 Å². The number of carbonyl (C=O) groups excluding carboxylic acids is 1. The first-order valence-electron chi connectivity index (χ1n) is 7.35. The van der Waals surface area contributed by atoms with Crippen LogP contribution in [0, 0.1) is 11.8 Å². The van der Waals surface area contributed by atoms with Crippen molar-refractivity contribution in [1.82, 2.24) is 0 Å². The zero-order chi connectivity index (χ0) is 15.2.